The van der Waals surface area contributed by atoms with Crippen molar-refractivity contribution in [3.63, 3.8) is 0 Å². The fourth-order valence-corrected chi connectivity index (χ4v) is 1.88. The summed E-state index contributed by atoms with van der Waals surface area (Å²) in [6.45, 7) is 0.293. The van der Waals surface area contributed by atoms with E-state index in [1.54, 1.807) is 18.2 Å². The number of hydrogen-bond donors (Lipinski definition) is 3. The van der Waals surface area contributed by atoms with Crippen molar-refractivity contribution in [3.8, 4) is 16.9 Å². The highest BCUT2D eigenvalue weighted by Gasteiger charge is 2.06. The molecule has 2 rings (SSSR count). The lowest BCUT2D eigenvalue weighted by Crippen LogP contribution is -1.98. The minimum absolute atomic E-state index is 0.117. The first-order valence-electron chi connectivity index (χ1n) is 5.71. The molecule has 2 aromatic carbocycles. The van der Waals surface area contributed by atoms with Gasteiger partial charge in [0.15, 0.2) is 0 Å². The van der Waals surface area contributed by atoms with E-state index in [9.17, 15) is 9.50 Å². The molecule has 0 fully saturated rings. The highest BCUT2D eigenvalue weighted by molar-refractivity contribution is 5.70. The van der Waals surface area contributed by atoms with Gasteiger partial charge in [0.2, 0.25) is 0 Å². The highest BCUT2D eigenvalue weighted by atomic mass is 19.1. The van der Waals surface area contributed by atoms with Gasteiger partial charge in [-0.25, -0.2) is 9.38 Å². The Kier molecular flexibility index (Phi) is 3.77. The SMILES string of the molecule is NC=Nc1ccc(-c2cc(O)cc(F)c2)cc1CN. The molecule has 0 saturated heterocycles. The third-order valence-electron chi connectivity index (χ3n) is 2.73. The van der Waals surface area contributed by atoms with E-state index in [-0.39, 0.29) is 5.75 Å². The van der Waals surface area contributed by atoms with Crippen molar-refractivity contribution in [2.75, 3.05) is 0 Å². The van der Waals surface area contributed by atoms with Crippen molar-refractivity contribution in [1.29, 1.82) is 0 Å². The molecule has 0 aliphatic carbocycles. The molecule has 2 aromatic rings. The third-order valence-corrected chi connectivity index (χ3v) is 2.73. The topological polar surface area (TPSA) is 84.6 Å². The number of halogens is 1. The lowest BCUT2D eigenvalue weighted by molar-refractivity contribution is 0.469. The van der Waals surface area contributed by atoms with Gasteiger partial charge in [-0.3, -0.25) is 0 Å². The predicted molar refractivity (Wildman–Crippen MR) is 73.7 cm³/mol. The van der Waals surface area contributed by atoms with E-state index < -0.39 is 5.82 Å². The van der Waals surface area contributed by atoms with Crippen molar-refractivity contribution in [3.05, 3.63) is 47.8 Å². The minimum Gasteiger partial charge on any atom is -0.508 e. The normalized spacial score (nSPS) is 11.1. The second-order valence-electron chi connectivity index (χ2n) is 4.02. The van der Waals surface area contributed by atoms with E-state index in [4.69, 9.17) is 11.5 Å². The molecule has 0 saturated carbocycles. The number of rotatable bonds is 3. The molecule has 0 unspecified atom stereocenters. The van der Waals surface area contributed by atoms with Crippen LogP contribution in [-0.2, 0) is 6.54 Å². The van der Waals surface area contributed by atoms with E-state index in [1.165, 1.54) is 18.5 Å². The van der Waals surface area contributed by atoms with Gasteiger partial charge in [-0.2, -0.15) is 0 Å². The van der Waals surface area contributed by atoms with Crippen LogP contribution in [0.15, 0.2) is 41.4 Å². The molecule has 0 bridgehead atoms. The van der Waals surface area contributed by atoms with E-state index in [0.29, 0.717) is 17.8 Å². The summed E-state index contributed by atoms with van der Waals surface area (Å²) in [5.41, 5.74) is 13.7. The lowest BCUT2D eigenvalue weighted by Gasteiger charge is -2.08. The number of nitrogens with zero attached hydrogens (tertiary/aromatic N) is 1. The lowest BCUT2D eigenvalue weighted by atomic mass is 10.0. The maximum atomic E-state index is 13.3. The highest BCUT2D eigenvalue weighted by Crippen LogP contribution is 2.29. The second kappa shape index (κ2) is 5.49. The van der Waals surface area contributed by atoms with Gasteiger partial charge in [-0.1, -0.05) is 6.07 Å². The van der Waals surface area contributed by atoms with Crippen LogP contribution < -0.4 is 11.5 Å². The molecule has 0 aliphatic rings. The Morgan fingerprint density at radius 1 is 1.16 bits per heavy atom. The Hall–Kier alpha value is -2.40. The molecule has 5 heteroatoms. The molecule has 0 atom stereocenters. The zero-order valence-electron chi connectivity index (χ0n) is 10.2. The summed E-state index contributed by atoms with van der Waals surface area (Å²) in [6, 6.07) is 9.22. The van der Waals surface area contributed by atoms with Gasteiger partial charge < -0.3 is 16.6 Å². The smallest absolute Gasteiger partial charge is 0.127 e. The molecular weight excluding hydrogens is 245 g/mol. The standard InChI is InChI=1S/C14H14FN3O/c15-12-4-10(5-13(19)6-12)9-1-2-14(18-8-17)11(3-9)7-16/h1-6,8,19H,7,16H2,(H2,17,18). The fourth-order valence-electron chi connectivity index (χ4n) is 1.88. The number of nitrogens with two attached hydrogens (primary N) is 2. The molecule has 0 heterocycles. The maximum Gasteiger partial charge on any atom is 0.127 e. The number of hydrogen-bond acceptors (Lipinski definition) is 3. The molecular formula is C14H14FN3O. The summed E-state index contributed by atoms with van der Waals surface area (Å²) in [5, 5.41) is 9.42. The van der Waals surface area contributed by atoms with Crippen LogP contribution >= 0.6 is 0 Å². The van der Waals surface area contributed by atoms with Crippen LogP contribution in [0.2, 0.25) is 0 Å². The zero-order chi connectivity index (χ0) is 13.8. The monoisotopic (exact) mass is 259 g/mol. The van der Waals surface area contributed by atoms with E-state index in [0.717, 1.165) is 17.2 Å². The molecule has 0 aliphatic heterocycles. The molecule has 98 valence electrons. The van der Waals surface area contributed by atoms with Gasteiger partial charge in [-0.15, -0.1) is 0 Å². The number of phenolic OH excluding ortho intramolecular Hbond substituents is 1. The van der Waals surface area contributed by atoms with E-state index in [1.807, 2.05) is 0 Å². The van der Waals surface area contributed by atoms with Gasteiger partial charge >= 0.3 is 0 Å². The average Bonchev–Trinajstić information content (AvgIpc) is 2.38. The van der Waals surface area contributed by atoms with Crippen molar-refractivity contribution >= 4 is 12.0 Å². The molecule has 0 amide bonds. The first-order valence-corrected chi connectivity index (χ1v) is 5.71. The van der Waals surface area contributed by atoms with Crippen LogP contribution in [0.1, 0.15) is 5.56 Å². The van der Waals surface area contributed by atoms with Gasteiger partial charge in [0.1, 0.15) is 11.6 Å². The minimum atomic E-state index is -0.492. The van der Waals surface area contributed by atoms with Crippen LogP contribution in [0.3, 0.4) is 0 Å². The Morgan fingerprint density at radius 3 is 2.58 bits per heavy atom. The quantitative estimate of drug-likeness (QED) is 0.584. The van der Waals surface area contributed by atoms with Gasteiger partial charge in [0, 0.05) is 12.6 Å². The zero-order valence-corrected chi connectivity index (χ0v) is 10.2. The maximum absolute atomic E-state index is 13.3. The van der Waals surface area contributed by atoms with Gasteiger partial charge in [0.25, 0.3) is 0 Å². The Balaban J connectivity index is 2.51. The summed E-state index contributed by atoms with van der Waals surface area (Å²) in [7, 11) is 0. The summed E-state index contributed by atoms with van der Waals surface area (Å²) >= 11 is 0. The first-order chi connectivity index (χ1) is 9.13. The van der Waals surface area contributed by atoms with E-state index >= 15 is 0 Å². The van der Waals surface area contributed by atoms with Crippen molar-refractivity contribution < 1.29 is 9.50 Å². The summed E-state index contributed by atoms with van der Waals surface area (Å²) in [4.78, 5) is 4.00. The number of phenols is 1. The number of aromatic hydroxyl groups is 1. The predicted octanol–water partition coefficient (Wildman–Crippen LogP) is 2.28. The van der Waals surface area contributed by atoms with Crippen LogP contribution in [0.4, 0.5) is 10.1 Å². The molecule has 0 radical (unpaired) electrons. The molecule has 0 aromatic heterocycles. The van der Waals surface area contributed by atoms with E-state index in [2.05, 4.69) is 4.99 Å². The molecule has 0 spiro atoms. The summed E-state index contributed by atoms with van der Waals surface area (Å²) in [6.07, 6.45) is 1.20. The number of aliphatic imine (C=N–C) groups is 1. The van der Waals surface area contributed by atoms with Crippen molar-refractivity contribution in [2.45, 2.75) is 6.54 Å². The second-order valence-corrected chi connectivity index (χ2v) is 4.02. The molecule has 4 nitrogen and oxygen atoms in total. The summed E-state index contributed by atoms with van der Waals surface area (Å²) < 4.78 is 13.3. The first kappa shape index (κ1) is 13.0. The largest absolute Gasteiger partial charge is 0.508 e. The molecule has 5 N–H and O–H groups in total. The van der Waals surface area contributed by atoms with Gasteiger partial charge in [0.05, 0.1) is 12.0 Å². The van der Waals surface area contributed by atoms with Crippen LogP contribution in [0.5, 0.6) is 5.75 Å². The van der Waals surface area contributed by atoms with Crippen LogP contribution in [0.25, 0.3) is 11.1 Å². The van der Waals surface area contributed by atoms with Crippen molar-refractivity contribution in [2.24, 2.45) is 16.5 Å². The van der Waals surface area contributed by atoms with Crippen molar-refractivity contribution in [1.82, 2.24) is 0 Å². The Bertz CT molecular complexity index is 606. The Morgan fingerprint density at radius 2 is 1.95 bits per heavy atom. The van der Waals surface area contributed by atoms with Gasteiger partial charge in [-0.05, 0) is 41.0 Å². The number of benzene rings is 2. The van der Waals surface area contributed by atoms with Crippen LogP contribution in [-0.4, -0.2) is 11.4 Å². The third kappa shape index (κ3) is 2.89. The fraction of sp³-hybridized carbons (Fsp3) is 0.0714. The Labute approximate surface area is 110 Å². The molecule has 19 heavy (non-hydrogen) atoms. The average molecular weight is 259 g/mol. The van der Waals surface area contributed by atoms with Crippen LogP contribution in [0, 0.1) is 5.82 Å². The summed E-state index contributed by atoms with van der Waals surface area (Å²) in [5.74, 6) is -0.610.